The molecule has 2 aromatic rings. The fourth-order valence-electron chi connectivity index (χ4n) is 3.31. The molecule has 0 spiro atoms. The van der Waals surface area contributed by atoms with Crippen molar-refractivity contribution in [3.8, 4) is 0 Å². The summed E-state index contributed by atoms with van der Waals surface area (Å²) in [4.78, 5) is 14.5. The van der Waals surface area contributed by atoms with Crippen LogP contribution in [0.1, 0.15) is 10.6 Å². The lowest BCUT2D eigenvalue weighted by Gasteiger charge is -2.15. The van der Waals surface area contributed by atoms with E-state index in [2.05, 4.69) is 21.2 Å². The quantitative estimate of drug-likeness (QED) is 0.871. The van der Waals surface area contributed by atoms with Crippen molar-refractivity contribution in [1.29, 1.82) is 0 Å². The summed E-state index contributed by atoms with van der Waals surface area (Å²) >= 11 is 3.46. The number of nitrogens with zero attached hydrogens (tertiary/aromatic N) is 1. The SMILES string of the molecule is O=C(c1cc2cccc(Br)c2o1)N1CC2CNCC2C1. The predicted octanol–water partition coefficient (Wildman–Crippen LogP) is 2.49. The van der Waals surface area contributed by atoms with E-state index in [0.29, 0.717) is 17.6 Å². The molecule has 104 valence electrons. The van der Waals surface area contributed by atoms with Crippen molar-refractivity contribution in [3.05, 3.63) is 34.5 Å². The number of amides is 1. The molecule has 2 aliphatic heterocycles. The molecule has 0 aliphatic carbocycles. The lowest BCUT2D eigenvalue weighted by molar-refractivity contribution is 0.0752. The van der Waals surface area contributed by atoms with Gasteiger partial charge in [0.15, 0.2) is 5.76 Å². The second-order valence-electron chi connectivity index (χ2n) is 5.66. The number of hydrogen-bond acceptors (Lipinski definition) is 3. The molecule has 1 aromatic carbocycles. The Morgan fingerprint density at radius 1 is 1.30 bits per heavy atom. The first-order valence-electron chi connectivity index (χ1n) is 6.90. The Morgan fingerprint density at radius 2 is 2.05 bits per heavy atom. The molecule has 1 amide bonds. The number of carbonyl (C=O) groups excluding carboxylic acids is 1. The number of benzene rings is 1. The highest BCUT2D eigenvalue weighted by Crippen LogP contribution is 2.30. The molecule has 1 N–H and O–H groups in total. The van der Waals surface area contributed by atoms with Crippen molar-refractivity contribution in [2.45, 2.75) is 0 Å². The van der Waals surface area contributed by atoms with Crippen LogP contribution in [-0.2, 0) is 0 Å². The van der Waals surface area contributed by atoms with Crippen molar-refractivity contribution >= 4 is 32.8 Å². The smallest absolute Gasteiger partial charge is 0.289 e. The Labute approximate surface area is 125 Å². The molecule has 3 heterocycles. The predicted molar refractivity (Wildman–Crippen MR) is 79.7 cm³/mol. The number of nitrogens with one attached hydrogen (secondary N) is 1. The molecule has 5 heteroatoms. The molecule has 4 nitrogen and oxygen atoms in total. The average Bonchev–Trinajstić information content (AvgIpc) is 3.11. The van der Waals surface area contributed by atoms with Crippen LogP contribution in [0.5, 0.6) is 0 Å². The zero-order valence-electron chi connectivity index (χ0n) is 10.9. The molecule has 2 saturated heterocycles. The van der Waals surface area contributed by atoms with E-state index in [1.165, 1.54) is 0 Å². The summed E-state index contributed by atoms with van der Waals surface area (Å²) < 4.78 is 6.63. The zero-order valence-corrected chi connectivity index (χ0v) is 12.5. The Balaban J connectivity index is 1.63. The van der Waals surface area contributed by atoms with Crippen LogP contribution in [0.4, 0.5) is 0 Å². The molecule has 0 saturated carbocycles. The highest BCUT2D eigenvalue weighted by molar-refractivity contribution is 9.10. The first-order chi connectivity index (χ1) is 9.72. The third kappa shape index (κ3) is 1.88. The summed E-state index contributed by atoms with van der Waals surface area (Å²) in [6.45, 7) is 3.74. The van der Waals surface area contributed by atoms with Gasteiger partial charge in [0, 0.05) is 31.6 Å². The first kappa shape index (κ1) is 12.4. The van der Waals surface area contributed by atoms with E-state index in [1.54, 1.807) is 0 Å². The summed E-state index contributed by atoms with van der Waals surface area (Å²) in [6.07, 6.45) is 0. The van der Waals surface area contributed by atoms with Crippen LogP contribution in [0.15, 0.2) is 33.2 Å². The maximum Gasteiger partial charge on any atom is 0.289 e. The maximum atomic E-state index is 12.6. The van der Waals surface area contributed by atoms with Crippen LogP contribution < -0.4 is 5.32 Å². The molecular weight excluding hydrogens is 320 g/mol. The van der Waals surface area contributed by atoms with Gasteiger partial charge in [-0.3, -0.25) is 4.79 Å². The minimum absolute atomic E-state index is 0.0162. The molecule has 2 atom stereocenters. The van der Waals surface area contributed by atoms with E-state index >= 15 is 0 Å². The van der Waals surface area contributed by atoms with Gasteiger partial charge in [-0.15, -0.1) is 0 Å². The number of likely N-dealkylation sites (tertiary alicyclic amines) is 1. The third-order valence-corrected chi connectivity index (χ3v) is 5.01. The van der Waals surface area contributed by atoms with Crippen LogP contribution in [-0.4, -0.2) is 37.0 Å². The molecule has 2 aliphatic rings. The Morgan fingerprint density at radius 3 is 2.75 bits per heavy atom. The van der Waals surface area contributed by atoms with Gasteiger partial charge in [-0.1, -0.05) is 12.1 Å². The molecule has 4 rings (SSSR count). The standard InChI is InChI=1S/C15H15BrN2O2/c16-12-3-1-2-9-4-13(20-14(9)12)15(19)18-7-10-5-17-6-11(10)8-18/h1-4,10-11,17H,5-8H2. The van der Waals surface area contributed by atoms with Gasteiger partial charge in [0.2, 0.25) is 0 Å². The number of furan rings is 1. The summed E-state index contributed by atoms with van der Waals surface area (Å²) in [5.41, 5.74) is 0.747. The normalized spacial score (nSPS) is 25.4. The van der Waals surface area contributed by atoms with Crippen LogP contribution in [0, 0.1) is 11.8 Å². The van der Waals surface area contributed by atoms with Crippen molar-refractivity contribution < 1.29 is 9.21 Å². The fraction of sp³-hybridized carbons (Fsp3) is 0.400. The summed E-state index contributed by atoms with van der Waals surface area (Å²) in [6, 6.07) is 7.67. The van der Waals surface area contributed by atoms with Crippen molar-refractivity contribution in [2.24, 2.45) is 11.8 Å². The zero-order chi connectivity index (χ0) is 13.7. The second kappa shape index (κ2) is 4.60. The topological polar surface area (TPSA) is 45.5 Å². The monoisotopic (exact) mass is 334 g/mol. The molecule has 0 bridgehead atoms. The Hall–Kier alpha value is -1.33. The second-order valence-corrected chi connectivity index (χ2v) is 6.51. The highest BCUT2D eigenvalue weighted by atomic mass is 79.9. The van der Waals surface area contributed by atoms with Crippen LogP contribution in [0.3, 0.4) is 0 Å². The summed E-state index contributed by atoms with van der Waals surface area (Å²) in [5.74, 6) is 1.67. The maximum absolute atomic E-state index is 12.6. The summed E-state index contributed by atoms with van der Waals surface area (Å²) in [5, 5.41) is 4.35. The van der Waals surface area contributed by atoms with E-state index < -0.39 is 0 Å². The number of hydrogen-bond donors (Lipinski definition) is 1. The Kier molecular flexibility index (Phi) is 2.86. The Bertz CT molecular complexity index is 670. The van der Waals surface area contributed by atoms with Crippen molar-refractivity contribution in [3.63, 3.8) is 0 Å². The van der Waals surface area contributed by atoms with E-state index in [1.807, 2.05) is 29.2 Å². The molecular formula is C15H15BrN2O2. The van der Waals surface area contributed by atoms with Gasteiger partial charge < -0.3 is 14.6 Å². The largest absolute Gasteiger partial charge is 0.450 e. The molecule has 2 fully saturated rings. The van der Waals surface area contributed by atoms with Gasteiger partial charge in [-0.2, -0.15) is 0 Å². The average molecular weight is 335 g/mol. The molecule has 1 aromatic heterocycles. The van der Waals surface area contributed by atoms with E-state index in [4.69, 9.17) is 4.42 Å². The minimum atomic E-state index is 0.0162. The lowest BCUT2D eigenvalue weighted by Crippen LogP contribution is -2.31. The third-order valence-electron chi connectivity index (χ3n) is 4.38. The number of rotatable bonds is 1. The number of halogens is 1. The van der Waals surface area contributed by atoms with Gasteiger partial charge in [-0.05, 0) is 39.9 Å². The minimum Gasteiger partial charge on any atom is -0.450 e. The first-order valence-corrected chi connectivity index (χ1v) is 7.70. The van der Waals surface area contributed by atoms with Crippen LogP contribution in [0.2, 0.25) is 0 Å². The van der Waals surface area contributed by atoms with Gasteiger partial charge in [0.1, 0.15) is 5.58 Å². The number of fused-ring (bicyclic) bond motifs is 2. The van der Waals surface area contributed by atoms with Crippen molar-refractivity contribution in [2.75, 3.05) is 26.2 Å². The number of carbonyl (C=O) groups is 1. The molecule has 20 heavy (non-hydrogen) atoms. The summed E-state index contributed by atoms with van der Waals surface area (Å²) in [7, 11) is 0. The van der Waals surface area contributed by atoms with Gasteiger partial charge >= 0.3 is 0 Å². The molecule has 0 radical (unpaired) electrons. The van der Waals surface area contributed by atoms with E-state index in [0.717, 1.165) is 41.6 Å². The highest BCUT2D eigenvalue weighted by Gasteiger charge is 2.39. The van der Waals surface area contributed by atoms with Crippen LogP contribution >= 0.6 is 15.9 Å². The van der Waals surface area contributed by atoms with E-state index in [9.17, 15) is 4.79 Å². The number of para-hydroxylation sites is 1. The van der Waals surface area contributed by atoms with Gasteiger partial charge in [-0.25, -0.2) is 0 Å². The van der Waals surface area contributed by atoms with E-state index in [-0.39, 0.29) is 5.91 Å². The van der Waals surface area contributed by atoms with Gasteiger partial charge in [0.05, 0.1) is 4.47 Å². The lowest BCUT2D eigenvalue weighted by atomic mass is 10.0. The fourth-order valence-corrected chi connectivity index (χ4v) is 3.77. The molecule has 2 unspecified atom stereocenters. The van der Waals surface area contributed by atoms with Gasteiger partial charge in [0.25, 0.3) is 5.91 Å². The van der Waals surface area contributed by atoms with Crippen LogP contribution in [0.25, 0.3) is 11.0 Å². The van der Waals surface area contributed by atoms with Crippen molar-refractivity contribution in [1.82, 2.24) is 10.2 Å².